The fourth-order valence-corrected chi connectivity index (χ4v) is 1.69. The van der Waals surface area contributed by atoms with Crippen LogP contribution in [0.15, 0.2) is 24.3 Å². The number of esters is 1. The monoisotopic (exact) mass is 278 g/mol. The van der Waals surface area contributed by atoms with E-state index in [0.717, 1.165) is 12.1 Å². The van der Waals surface area contributed by atoms with Gasteiger partial charge >= 0.3 is 5.97 Å². The highest BCUT2D eigenvalue weighted by Gasteiger charge is 2.17. The summed E-state index contributed by atoms with van der Waals surface area (Å²) in [4.78, 5) is 15.3. The van der Waals surface area contributed by atoms with Crippen LogP contribution in [0.4, 0.5) is 14.5 Å². The van der Waals surface area contributed by atoms with Crippen molar-refractivity contribution < 1.29 is 18.3 Å². The molecule has 6 heteroatoms. The van der Waals surface area contributed by atoms with E-state index in [1.54, 1.807) is 6.92 Å². The number of hydrogen-bond acceptors (Lipinski definition) is 4. The molecular weight excluding hydrogens is 266 g/mol. The van der Waals surface area contributed by atoms with Crippen LogP contribution in [0.2, 0.25) is 0 Å². The molecule has 104 valence electrons. The van der Waals surface area contributed by atoms with Crippen molar-refractivity contribution in [1.29, 1.82) is 0 Å². The van der Waals surface area contributed by atoms with E-state index in [0.29, 0.717) is 5.56 Å². The Kier molecular flexibility index (Phi) is 3.65. The topological polar surface area (TPSA) is 65.2 Å². The molecule has 0 aliphatic heterocycles. The first kappa shape index (κ1) is 13.9. The Morgan fingerprint density at radius 3 is 2.60 bits per heavy atom. The van der Waals surface area contributed by atoms with E-state index < -0.39 is 17.6 Å². The third kappa shape index (κ3) is 2.45. The number of benzene rings is 1. The van der Waals surface area contributed by atoms with Crippen LogP contribution in [0, 0.1) is 18.6 Å². The van der Waals surface area contributed by atoms with Gasteiger partial charge in [0.05, 0.1) is 12.8 Å². The quantitative estimate of drug-likeness (QED) is 0.858. The van der Waals surface area contributed by atoms with Crippen LogP contribution in [0.3, 0.4) is 0 Å². The average molecular weight is 278 g/mol. The van der Waals surface area contributed by atoms with Gasteiger partial charge in [0.15, 0.2) is 11.5 Å². The Labute approximate surface area is 114 Å². The van der Waals surface area contributed by atoms with Crippen LogP contribution < -0.4 is 5.73 Å². The lowest BCUT2D eigenvalue weighted by Gasteiger charge is -2.08. The molecule has 20 heavy (non-hydrogen) atoms. The number of halogens is 2. The second kappa shape index (κ2) is 5.24. The van der Waals surface area contributed by atoms with Crippen LogP contribution in [0.5, 0.6) is 0 Å². The fraction of sp³-hybridized carbons (Fsp3) is 0.143. The number of ether oxygens (including phenoxy) is 1. The summed E-state index contributed by atoms with van der Waals surface area (Å²) >= 11 is 0. The number of carbonyl (C=O) groups is 1. The van der Waals surface area contributed by atoms with Crippen molar-refractivity contribution in [3.05, 3.63) is 47.2 Å². The maximum Gasteiger partial charge on any atom is 0.356 e. The summed E-state index contributed by atoms with van der Waals surface area (Å²) in [5.41, 5.74) is 5.54. The van der Waals surface area contributed by atoms with Gasteiger partial charge in [0, 0.05) is 5.56 Å². The summed E-state index contributed by atoms with van der Waals surface area (Å²) in [7, 11) is 1.18. The van der Waals surface area contributed by atoms with E-state index in [-0.39, 0.29) is 22.6 Å². The second-order valence-electron chi connectivity index (χ2n) is 4.21. The summed E-state index contributed by atoms with van der Waals surface area (Å²) in [6.45, 7) is 1.59. The molecule has 0 aliphatic rings. The lowest BCUT2D eigenvalue weighted by atomic mass is 10.1. The molecule has 4 nitrogen and oxygen atoms in total. The van der Waals surface area contributed by atoms with Gasteiger partial charge in [-0.05, 0) is 24.6 Å². The lowest BCUT2D eigenvalue weighted by molar-refractivity contribution is 0.0594. The number of nitrogens with zero attached hydrogens (tertiary/aromatic N) is 1. The summed E-state index contributed by atoms with van der Waals surface area (Å²) in [5, 5.41) is 0. The van der Waals surface area contributed by atoms with E-state index in [2.05, 4.69) is 9.72 Å². The lowest BCUT2D eigenvalue weighted by Crippen LogP contribution is -2.08. The molecular formula is C14H12F2N2O2. The Morgan fingerprint density at radius 1 is 1.30 bits per heavy atom. The molecule has 2 aromatic rings. The normalized spacial score (nSPS) is 10.4. The SMILES string of the molecule is COC(=O)c1cc(N)c(F)c(-c2ccc(C)c(F)c2)n1. The maximum atomic E-state index is 14.0. The average Bonchev–Trinajstić information content (AvgIpc) is 2.44. The van der Waals surface area contributed by atoms with Crippen molar-refractivity contribution in [1.82, 2.24) is 4.98 Å². The van der Waals surface area contributed by atoms with Crippen LogP contribution in [0.1, 0.15) is 16.1 Å². The predicted octanol–water partition coefficient (Wildman–Crippen LogP) is 2.70. The van der Waals surface area contributed by atoms with Crippen LogP contribution >= 0.6 is 0 Å². The molecule has 0 fully saturated rings. The number of nitrogens with two attached hydrogens (primary N) is 1. The van der Waals surface area contributed by atoms with Gasteiger partial charge < -0.3 is 10.5 Å². The van der Waals surface area contributed by atoms with Crippen molar-refractivity contribution in [2.45, 2.75) is 6.92 Å². The van der Waals surface area contributed by atoms with Gasteiger partial charge in [-0.1, -0.05) is 12.1 Å². The number of methoxy groups -OCH3 is 1. The number of anilines is 1. The molecule has 0 spiro atoms. The van der Waals surface area contributed by atoms with Gasteiger partial charge in [-0.3, -0.25) is 0 Å². The smallest absolute Gasteiger partial charge is 0.356 e. The van der Waals surface area contributed by atoms with Crippen molar-refractivity contribution >= 4 is 11.7 Å². The zero-order valence-electron chi connectivity index (χ0n) is 10.9. The number of hydrogen-bond donors (Lipinski definition) is 1. The zero-order valence-corrected chi connectivity index (χ0v) is 10.9. The Balaban J connectivity index is 2.63. The number of carbonyl (C=O) groups excluding carboxylic acids is 1. The van der Waals surface area contributed by atoms with E-state index >= 15 is 0 Å². The third-order valence-electron chi connectivity index (χ3n) is 2.83. The third-order valence-corrected chi connectivity index (χ3v) is 2.83. The summed E-state index contributed by atoms with van der Waals surface area (Å²) in [6.07, 6.45) is 0. The zero-order chi connectivity index (χ0) is 14.9. The van der Waals surface area contributed by atoms with Gasteiger partial charge in [0.25, 0.3) is 0 Å². The van der Waals surface area contributed by atoms with E-state index in [9.17, 15) is 13.6 Å². The number of pyridine rings is 1. The first-order valence-corrected chi connectivity index (χ1v) is 5.75. The second-order valence-corrected chi connectivity index (χ2v) is 4.21. The van der Waals surface area contributed by atoms with Crippen molar-refractivity contribution in [3.63, 3.8) is 0 Å². The van der Waals surface area contributed by atoms with Gasteiger partial charge in [-0.2, -0.15) is 0 Å². The minimum atomic E-state index is -0.805. The maximum absolute atomic E-state index is 14.0. The Hall–Kier alpha value is -2.50. The number of aryl methyl sites for hydroxylation is 1. The number of rotatable bonds is 2. The van der Waals surface area contributed by atoms with Crippen LogP contribution in [0.25, 0.3) is 11.3 Å². The van der Waals surface area contributed by atoms with Gasteiger partial charge in [0.1, 0.15) is 11.5 Å². The molecule has 1 heterocycles. The van der Waals surface area contributed by atoms with Gasteiger partial charge in [0.2, 0.25) is 0 Å². The molecule has 0 saturated heterocycles. The first-order chi connectivity index (χ1) is 9.43. The van der Waals surface area contributed by atoms with Crippen LogP contribution in [-0.2, 0) is 4.74 Å². The Morgan fingerprint density at radius 2 is 2.00 bits per heavy atom. The molecule has 2 rings (SSSR count). The predicted molar refractivity (Wildman–Crippen MR) is 70.1 cm³/mol. The Bertz CT molecular complexity index is 687. The van der Waals surface area contributed by atoms with E-state index in [1.165, 1.54) is 19.2 Å². The highest BCUT2D eigenvalue weighted by molar-refractivity contribution is 5.89. The van der Waals surface area contributed by atoms with E-state index in [1.807, 2.05) is 0 Å². The molecule has 0 bridgehead atoms. The standard InChI is InChI=1S/C14H12F2N2O2/c1-7-3-4-8(5-9(7)15)13-12(16)10(17)6-11(18-13)14(19)20-2/h3-6H,1-2H3,(H2,17,18). The summed E-state index contributed by atoms with van der Waals surface area (Å²) < 4.78 is 32.1. The summed E-state index contributed by atoms with van der Waals surface area (Å²) in [6, 6.07) is 5.22. The highest BCUT2D eigenvalue weighted by atomic mass is 19.1. The van der Waals surface area contributed by atoms with E-state index in [4.69, 9.17) is 5.73 Å². The van der Waals surface area contributed by atoms with Crippen molar-refractivity contribution in [2.24, 2.45) is 0 Å². The first-order valence-electron chi connectivity index (χ1n) is 5.75. The van der Waals surface area contributed by atoms with Crippen LogP contribution in [-0.4, -0.2) is 18.1 Å². The van der Waals surface area contributed by atoms with Crippen molar-refractivity contribution in [3.8, 4) is 11.3 Å². The molecule has 0 saturated carbocycles. The molecule has 0 atom stereocenters. The molecule has 0 amide bonds. The summed E-state index contributed by atoms with van der Waals surface area (Å²) in [5.74, 6) is -2.04. The molecule has 1 aromatic carbocycles. The molecule has 0 unspecified atom stereocenters. The molecule has 0 aliphatic carbocycles. The largest absolute Gasteiger partial charge is 0.464 e. The minimum absolute atomic E-state index is 0.137. The van der Waals surface area contributed by atoms with Gasteiger partial charge in [-0.15, -0.1) is 0 Å². The highest BCUT2D eigenvalue weighted by Crippen LogP contribution is 2.26. The molecule has 2 N–H and O–H groups in total. The van der Waals surface area contributed by atoms with Gasteiger partial charge in [-0.25, -0.2) is 18.6 Å². The molecule has 0 radical (unpaired) electrons. The number of nitrogen functional groups attached to an aromatic ring is 1. The fourth-order valence-electron chi connectivity index (χ4n) is 1.69. The number of aromatic nitrogens is 1. The van der Waals surface area contributed by atoms with Crippen molar-refractivity contribution in [2.75, 3.05) is 12.8 Å². The minimum Gasteiger partial charge on any atom is -0.464 e. The molecule has 1 aromatic heterocycles.